The number of carbonyl (C=O) groups excluding carboxylic acids is 1. The van der Waals surface area contributed by atoms with Crippen molar-refractivity contribution in [2.24, 2.45) is 5.73 Å². The highest BCUT2D eigenvalue weighted by atomic mass is 79.9. The summed E-state index contributed by atoms with van der Waals surface area (Å²) in [5, 5.41) is 4.27. The highest BCUT2D eigenvalue weighted by Gasteiger charge is 2.33. The summed E-state index contributed by atoms with van der Waals surface area (Å²) in [4.78, 5) is 12.0. The number of carbonyl (C=O) groups is 1. The van der Waals surface area contributed by atoms with Crippen LogP contribution in [0.15, 0.2) is 46.9 Å². The van der Waals surface area contributed by atoms with Crippen molar-refractivity contribution in [2.45, 2.75) is 12.5 Å². The summed E-state index contributed by atoms with van der Waals surface area (Å²) in [6, 6.07) is 12.3. The molecule has 3 nitrogen and oxygen atoms in total. The van der Waals surface area contributed by atoms with Gasteiger partial charge in [-0.05, 0) is 58.7 Å². The maximum absolute atomic E-state index is 12.0. The predicted octanol–water partition coefficient (Wildman–Crippen LogP) is 4.57. The first kappa shape index (κ1) is 16.1. The largest absolute Gasteiger partial charge is 0.368 e. The normalized spacial score (nSPS) is 13.5. The van der Waals surface area contributed by atoms with E-state index in [0.717, 1.165) is 4.47 Å². The summed E-state index contributed by atoms with van der Waals surface area (Å²) < 4.78 is 0.729. The van der Waals surface area contributed by atoms with Gasteiger partial charge in [0.1, 0.15) is 5.54 Å². The molecule has 0 aliphatic carbocycles. The van der Waals surface area contributed by atoms with E-state index in [1.807, 2.05) is 0 Å². The summed E-state index contributed by atoms with van der Waals surface area (Å²) in [5.41, 5.74) is 5.91. The van der Waals surface area contributed by atoms with Crippen LogP contribution in [-0.2, 0) is 10.3 Å². The van der Waals surface area contributed by atoms with Gasteiger partial charge in [-0.15, -0.1) is 0 Å². The maximum atomic E-state index is 12.0. The second-order valence-corrected chi connectivity index (χ2v) is 6.45. The van der Waals surface area contributed by atoms with Crippen LogP contribution in [0.5, 0.6) is 0 Å². The molecule has 21 heavy (non-hydrogen) atoms. The van der Waals surface area contributed by atoms with E-state index in [1.165, 1.54) is 0 Å². The Morgan fingerprint density at radius 2 is 1.95 bits per heavy atom. The Morgan fingerprint density at radius 3 is 2.52 bits per heavy atom. The molecule has 0 saturated carbocycles. The fourth-order valence-electron chi connectivity index (χ4n) is 1.94. The summed E-state index contributed by atoms with van der Waals surface area (Å²) in [7, 11) is 0. The summed E-state index contributed by atoms with van der Waals surface area (Å²) in [5.74, 6) is -0.504. The minimum Gasteiger partial charge on any atom is -0.368 e. The Bertz CT molecular complexity index is 693. The van der Waals surface area contributed by atoms with Crippen molar-refractivity contribution in [1.82, 2.24) is 0 Å². The summed E-state index contributed by atoms with van der Waals surface area (Å²) >= 11 is 15.3. The average molecular weight is 388 g/mol. The number of anilines is 1. The van der Waals surface area contributed by atoms with Gasteiger partial charge >= 0.3 is 0 Å². The number of rotatable bonds is 4. The molecule has 0 heterocycles. The number of hydrogen-bond acceptors (Lipinski definition) is 2. The molecule has 0 bridgehead atoms. The summed E-state index contributed by atoms with van der Waals surface area (Å²) in [6.07, 6.45) is 0. The smallest absolute Gasteiger partial charge is 0.247 e. The van der Waals surface area contributed by atoms with Crippen LogP contribution in [0.4, 0.5) is 5.69 Å². The number of nitrogens with two attached hydrogens (primary N) is 1. The van der Waals surface area contributed by atoms with Crippen LogP contribution >= 0.6 is 39.1 Å². The average Bonchev–Trinajstić information content (AvgIpc) is 2.42. The zero-order chi connectivity index (χ0) is 15.6. The standard InChI is InChI=1S/C15H13BrCl2N2O/c1-15(14(19)21,9-3-2-4-10(17)7-9)20-11-5-6-13(18)12(16)8-11/h2-8,20H,1H3,(H2,19,21). The molecule has 1 atom stereocenters. The molecular formula is C15H13BrCl2N2O. The van der Waals surface area contributed by atoms with E-state index >= 15 is 0 Å². The van der Waals surface area contributed by atoms with Gasteiger partial charge in [-0.3, -0.25) is 4.79 Å². The molecule has 6 heteroatoms. The van der Waals surface area contributed by atoms with E-state index in [4.69, 9.17) is 28.9 Å². The molecule has 0 aliphatic rings. The number of hydrogen-bond donors (Lipinski definition) is 2. The fourth-order valence-corrected chi connectivity index (χ4v) is 2.62. The van der Waals surface area contributed by atoms with Gasteiger partial charge in [0.2, 0.25) is 5.91 Å². The van der Waals surface area contributed by atoms with Crippen molar-refractivity contribution in [2.75, 3.05) is 5.32 Å². The van der Waals surface area contributed by atoms with Crippen LogP contribution in [0.25, 0.3) is 0 Å². The van der Waals surface area contributed by atoms with Crippen molar-refractivity contribution < 1.29 is 4.79 Å². The third-order valence-electron chi connectivity index (χ3n) is 3.21. The zero-order valence-corrected chi connectivity index (χ0v) is 14.3. The third-order valence-corrected chi connectivity index (χ3v) is 4.66. The van der Waals surface area contributed by atoms with Crippen molar-refractivity contribution in [3.05, 3.63) is 62.5 Å². The lowest BCUT2D eigenvalue weighted by molar-refractivity contribution is -0.122. The molecule has 1 unspecified atom stereocenters. The molecule has 0 aromatic heterocycles. The lowest BCUT2D eigenvalue weighted by Gasteiger charge is -2.29. The lowest BCUT2D eigenvalue weighted by atomic mass is 9.91. The molecule has 0 spiro atoms. The maximum Gasteiger partial charge on any atom is 0.247 e. The molecule has 2 aromatic carbocycles. The number of halogens is 3. The Balaban J connectivity index is 2.43. The molecule has 110 valence electrons. The van der Waals surface area contributed by atoms with Crippen molar-refractivity contribution in [3.8, 4) is 0 Å². The Labute approximate surface area is 141 Å². The highest BCUT2D eigenvalue weighted by molar-refractivity contribution is 9.10. The van der Waals surface area contributed by atoms with Gasteiger partial charge < -0.3 is 11.1 Å². The molecule has 3 N–H and O–H groups in total. The van der Waals surface area contributed by atoms with Crippen molar-refractivity contribution in [1.29, 1.82) is 0 Å². The minimum absolute atomic E-state index is 0.504. The lowest BCUT2D eigenvalue weighted by Crippen LogP contribution is -2.45. The monoisotopic (exact) mass is 386 g/mol. The third kappa shape index (κ3) is 3.51. The van der Waals surface area contributed by atoms with E-state index in [9.17, 15) is 4.79 Å². The number of nitrogens with one attached hydrogen (secondary N) is 1. The first-order valence-corrected chi connectivity index (χ1v) is 7.67. The number of benzene rings is 2. The SMILES string of the molecule is CC(Nc1ccc(Cl)c(Br)c1)(C(N)=O)c1cccc(Cl)c1. The zero-order valence-electron chi connectivity index (χ0n) is 11.2. The second-order valence-electron chi connectivity index (χ2n) is 4.75. The van der Waals surface area contributed by atoms with Crippen LogP contribution in [0.3, 0.4) is 0 Å². The van der Waals surface area contributed by atoms with E-state index in [-0.39, 0.29) is 0 Å². The van der Waals surface area contributed by atoms with Gasteiger partial charge in [0.15, 0.2) is 0 Å². The first-order chi connectivity index (χ1) is 9.83. The van der Waals surface area contributed by atoms with Crippen molar-refractivity contribution in [3.63, 3.8) is 0 Å². The van der Waals surface area contributed by atoms with Gasteiger partial charge in [-0.25, -0.2) is 0 Å². The molecule has 0 radical (unpaired) electrons. The quantitative estimate of drug-likeness (QED) is 0.807. The van der Waals surface area contributed by atoms with Crippen LogP contribution in [0, 0.1) is 0 Å². The van der Waals surface area contributed by atoms with E-state index < -0.39 is 11.4 Å². The number of amides is 1. The highest BCUT2D eigenvalue weighted by Crippen LogP contribution is 2.31. The first-order valence-electron chi connectivity index (χ1n) is 6.12. The van der Waals surface area contributed by atoms with E-state index in [2.05, 4.69) is 21.2 Å². The minimum atomic E-state index is -1.09. The molecule has 1 amide bonds. The summed E-state index contributed by atoms with van der Waals surface area (Å²) in [6.45, 7) is 1.71. The molecule has 2 rings (SSSR count). The van der Waals surface area contributed by atoms with Crippen LogP contribution in [0.2, 0.25) is 10.0 Å². The Kier molecular flexibility index (Phi) is 4.81. The van der Waals surface area contributed by atoms with Gasteiger partial charge in [-0.2, -0.15) is 0 Å². The molecular weight excluding hydrogens is 375 g/mol. The van der Waals surface area contributed by atoms with E-state index in [0.29, 0.717) is 21.3 Å². The van der Waals surface area contributed by atoms with Crippen LogP contribution < -0.4 is 11.1 Å². The van der Waals surface area contributed by atoms with Gasteiger partial charge in [-0.1, -0.05) is 35.3 Å². The van der Waals surface area contributed by atoms with Crippen LogP contribution in [0.1, 0.15) is 12.5 Å². The van der Waals surface area contributed by atoms with Gasteiger partial charge in [0.05, 0.1) is 5.02 Å². The van der Waals surface area contributed by atoms with Gasteiger partial charge in [0.25, 0.3) is 0 Å². The fraction of sp³-hybridized carbons (Fsp3) is 0.133. The van der Waals surface area contributed by atoms with Crippen LogP contribution in [-0.4, -0.2) is 5.91 Å². The number of primary amides is 1. The van der Waals surface area contributed by atoms with Crippen molar-refractivity contribution >= 4 is 50.7 Å². The Hall–Kier alpha value is -1.23. The van der Waals surface area contributed by atoms with E-state index in [1.54, 1.807) is 49.4 Å². The molecule has 2 aromatic rings. The molecule has 0 aliphatic heterocycles. The Morgan fingerprint density at radius 1 is 1.24 bits per heavy atom. The molecule has 0 fully saturated rings. The predicted molar refractivity (Wildman–Crippen MR) is 90.8 cm³/mol. The second kappa shape index (κ2) is 6.26. The molecule has 0 saturated heterocycles. The van der Waals surface area contributed by atoms with Gasteiger partial charge in [0, 0.05) is 15.2 Å². The topological polar surface area (TPSA) is 55.1 Å².